The first-order valence-corrected chi connectivity index (χ1v) is 12.5. The van der Waals surface area contributed by atoms with E-state index >= 15 is 0 Å². The molecule has 3 amide bonds. The first-order valence-electron chi connectivity index (χ1n) is 12.5. The van der Waals surface area contributed by atoms with Gasteiger partial charge in [-0.2, -0.15) is 0 Å². The number of hydrogen-bond acceptors (Lipinski definition) is 5. The van der Waals surface area contributed by atoms with E-state index in [1.807, 2.05) is 29.3 Å². The highest BCUT2D eigenvalue weighted by molar-refractivity contribution is 5.91. The summed E-state index contributed by atoms with van der Waals surface area (Å²) in [4.78, 5) is 42.7. The Balaban J connectivity index is 1.60. The fourth-order valence-corrected chi connectivity index (χ4v) is 4.19. The number of rotatable bonds is 10. The Morgan fingerprint density at radius 3 is 2.43 bits per heavy atom. The van der Waals surface area contributed by atoms with Crippen LogP contribution in [0.25, 0.3) is 0 Å². The Morgan fingerprint density at radius 1 is 1.06 bits per heavy atom. The molecule has 3 heterocycles. The number of aromatic nitrogens is 1. The number of ether oxygens (including phenoxy) is 1. The van der Waals surface area contributed by atoms with Gasteiger partial charge in [0.25, 0.3) is 5.91 Å². The van der Waals surface area contributed by atoms with E-state index < -0.39 is 0 Å². The molecule has 9 nitrogen and oxygen atoms in total. The Labute approximate surface area is 207 Å². The van der Waals surface area contributed by atoms with Crippen LogP contribution in [-0.4, -0.2) is 76.5 Å². The molecule has 1 fully saturated rings. The van der Waals surface area contributed by atoms with Crippen LogP contribution in [0.15, 0.2) is 34.9 Å². The molecule has 0 aromatic carbocycles. The SMILES string of the molecule is CCCN(Cc1cccn1Cc1ccc(C(=O)N2CCN(C(=O)OCC)CC2)o1)C(=O)CC(C)C. The molecule has 1 aliphatic heterocycles. The van der Waals surface area contributed by atoms with Crippen LogP contribution in [0.1, 0.15) is 62.5 Å². The molecule has 0 atom stereocenters. The molecule has 1 aliphatic rings. The van der Waals surface area contributed by atoms with E-state index in [0.29, 0.717) is 64.0 Å². The maximum absolute atomic E-state index is 12.9. The van der Waals surface area contributed by atoms with Crippen LogP contribution in [0.4, 0.5) is 4.79 Å². The van der Waals surface area contributed by atoms with Crippen LogP contribution in [0.3, 0.4) is 0 Å². The van der Waals surface area contributed by atoms with Crippen molar-refractivity contribution in [3.63, 3.8) is 0 Å². The molecule has 9 heteroatoms. The summed E-state index contributed by atoms with van der Waals surface area (Å²) in [5.74, 6) is 1.27. The van der Waals surface area contributed by atoms with Crippen LogP contribution < -0.4 is 0 Å². The zero-order valence-corrected chi connectivity index (χ0v) is 21.4. The Hall–Kier alpha value is -3.23. The summed E-state index contributed by atoms with van der Waals surface area (Å²) in [5, 5.41) is 0. The molecule has 0 aliphatic carbocycles. The van der Waals surface area contributed by atoms with Crippen LogP contribution in [-0.2, 0) is 22.6 Å². The average Bonchev–Trinajstić information content (AvgIpc) is 3.48. The quantitative estimate of drug-likeness (QED) is 0.509. The summed E-state index contributed by atoms with van der Waals surface area (Å²) in [6, 6.07) is 7.50. The molecule has 0 spiro atoms. The van der Waals surface area contributed by atoms with E-state index in [1.54, 1.807) is 22.8 Å². The third-order valence-electron chi connectivity index (χ3n) is 6.00. The van der Waals surface area contributed by atoms with Crippen LogP contribution >= 0.6 is 0 Å². The van der Waals surface area contributed by atoms with Crippen LogP contribution in [0.5, 0.6) is 0 Å². The van der Waals surface area contributed by atoms with E-state index in [4.69, 9.17) is 9.15 Å². The van der Waals surface area contributed by atoms with Crippen molar-refractivity contribution in [1.29, 1.82) is 0 Å². The minimum Gasteiger partial charge on any atom is -0.454 e. The number of amides is 3. The Kier molecular flexibility index (Phi) is 9.39. The van der Waals surface area contributed by atoms with Crippen molar-refractivity contribution in [3.8, 4) is 0 Å². The van der Waals surface area contributed by atoms with Crippen LogP contribution in [0, 0.1) is 5.92 Å². The smallest absolute Gasteiger partial charge is 0.409 e. The van der Waals surface area contributed by atoms with Crippen molar-refractivity contribution in [3.05, 3.63) is 47.7 Å². The van der Waals surface area contributed by atoms with E-state index in [2.05, 4.69) is 25.3 Å². The van der Waals surface area contributed by atoms with Gasteiger partial charge in [-0.1, -0.05) is 20.8 Å². The van der Waals surface area contributed by atoms with Gasteiger partial charge in [0.2, 0.25) is 5.91 Å². The minimum atomic E-state index is -0.342. The molecule has 0 saturated carbocycles. The zero-order chi connectivity index (χ0) is 25.4. The molecule has 3 rings (SSSR count). The number of hydrogen-bond donors (Lipinski definition) is 0. The van der Waals surface area contributed by atoms with Gasteiger partial charge < -0.3 is 28.4 Å². The molecular weight excluding hydrogens is 448 g/mol. The molecule has 192 valence electrons. The second-order valence-corrected chi connectivity index (χ2v) is 9.28. The fourth-order valence-electron chi connectivity index (χ4n) is 4.19. The van der Waals surface area contributed by atoms with Gasteiger partial charge in [0, 0.05) is 51.0 Å². The predicted octanol–water partition coefficient (Wildman–Crippen LogP) is 3.83. The first-order chi connectivity index (χ1) is 16.8. The summed E-state index contributed by atoms with van der Waals surface area (Å²) in [5.41, 5.74) is 1.02. The number of carbonyl (C=O) groups excluding carboxylic acids is 3. The molecular formula is C26H38N4O5. The lowest BCUT2D eigenvalue weighted by Crippen LogP contribution is -2.50. The summed E-state index contributed by atoms with van der Waals surface area (Å²) in [7, 11) is 0. The normalized spacial score (nSPS) is 13.9. The maximum atomic E-state index is 12.9. The number of piperazine rings is 1. The summed E-state index contributed by atoms with van der Waals surface area (Å²) in [6.45, 7) is 11.8. The number of furan rings is 1. The van der Waals surface area contributed by atoms with Crippen molar-refractivity contribution >= 4 is 17.9 Å². The third-order valence-corrected chi connectivity index (χ3v) is 6.00. The van der Waals surface area contributed by atoms with Gasteiger partial charge in [-0.3, -0.25) is 9.59 Å². The predicted molar refractivity (Wildman–Crippen MR) is 132 cm³/mol. The average molecular weight is 487 g/mol. The highest BCUT2D eigenvalue weighted by Crippen LogP contribution is 2.17. The lowest BCUT2D eigenvalue weighted by Gasteiger charge is -2.33. The monoisotopic (exact) mass is 486 g/mol. The van der Waals surface area contributed by atoms with Gasteiger partial charge in [-0.05, 0) is 43.5 Å². The Morgan fingerprint density at radius 2 is 1.77 bits per heavy atom. The van der Waals surface area contributed by atoms with Gasteiger partial charge in [-0.15, -0.1) is 0 Å². The van der Waals surface area contributed by atoms with Gasteiger partial charge >= 0.3 is 6.09 Å². The van der Waals surface area contributed by atoms with Gasteiger partial charge in [0.15, 0.2) is 5.76 Å². The van der Waals surface area contributed by atoms with Crippen molar-refractivity contribution in [1.82, 2.24) is 19.3 Å². The van der Waals surface area contributed by atoms with Crippen molar-refractivity contribution in [2.75, 3.05) is 39.3 Å². The molecule has 2 aromatic heterocycles. The standard InChI is InChI=1S/C26H38N4O5/c1-5-11-30(24(31)17-20(3)4)18-21-8-7-12-29(21)19-22-9-10-23(35-22)25(32)27-13-15-28(16-14-27)26(33)34-6-2/h7-10,12,20H,5-6,11,13-19H2,1-4H3. The molecule has 0 unspecified atom stereocenters. The molecule has 0 N–H and O–H groups in total. The van der Waals surface area contributed by atoms with Crippen molar-refractivity contribution < 1.29 is 23.5 Å². The van der Waals surface area contributed by atoms with Crippen molar-refractivity contribution in [2.24, 2.45) is 5.92 Å². The maximum Gasteiger partial charge on any atom is 0.409 e. The summed E-state index contributed by atoms with van der Waals surface area (Å²) in [6.07, 6.45) is 3.07. The molecule has 2 aromatic rings. The van der Waals surface area contributed by atoms with Crippen LogP contribution in [0.2, 0.25) is 0 Å². The fraction of sp³-hybridized carbons (Fsp3) is 0.577. The van der Waals surface area contributed by atoms with Gasteiger partial charge in [-0.25, -0.2) is 4.79 Å². The van der Waals surface area contributed by atoms with Crippen molar-refractivity contribution in [2.45, 2.75) is 53.6 Å². The minimum absolute atomic E-state index is 0.170. The summed E-state index contributed by atoms with van der Waals surface area (Å²) < 4.78 is 13.0. The first kappa shape index (κ1) is 26.4. The second kappa shape index (κ2) is 12.5. The number of carbonyl (C=O) groups is 3. The van der Waals surface area contributed by atoms with E-state index in [1.165, 1.54) is 0 Å². The van der Waals surface area contributed by atoms with E-state index in [-0.39, 0.29) is 23.7 Å². The Bertz CT molecular complexity index is 988. The zero-order valence-electron chi connectivity index (χ0n) is 21.4. The molecule has 1 saturated heterocycles. The highest BCUT2D eigenvalue weighted by Gasteiger charge is 2.27. The van der Waals surface area contributed by atoms with E-state index in [0.717, 1.165) is 18.7 Å². The van der Waals surface area contributed by atoms with Gasteiger partial charge in [0.05, 0.1) is 19.7 Å². The summed E-state index contributed by atoms with van der Waals surface area (Å²) >= 11 is 0. The molecule has 0 radical (unpaired) electrons. The van der Waals surface area contributed by atoms with E-state index in [9.17, 15) is 14.4 Å². The lowest BCUT2D eigenvalue weighted by atomic mass is 10.1. The molecule has 35 heavy (non-hydrogen) atoms. The third kappa shape index (κ3) is 7.13. The lowest BCUT2D eigenvalue weighted by molar-refractivity contribution is -0.132. The van der Waals surface area contributed by atoms with Gasteiger partial charge in [0.1, 0.15) is 5.76 Å². The highest BCUT2D eigenvalue weighted by atomic mass is 16.6. The molecule has 0 bridgehead atoms. The second-order valence-electron chi connectivity index (χ2n) is 9.28. The topological polar surface area (TPSA) is 88.2 Å². The largest absolute Gasteiger partial charge is 0.454 e. The number of nitrogens with zero attached hydrogens (tertiary/aromatic N) is 4.